The molecule has 2 rings (SSSR count). The van der Waals surface area contributed by atoms with Gasteiger partial charge in [0.15, 0.2) is 5.75 Å². The van der Waals surface area contributed by atoms with Crippen molar-refractivity contribution < 1.29 is 9.47 Å². The van der Waals surface area contributed by atoms with Gasteiger partial charge in [-0.25, -0.2) is 0 Å². The zero-order chi connectivity index (χ0) is 13.7. The molecule has 0 unspecified atom stereocenters. The van der Waals surface area contributed by atoms with Gasteiger partial charge in [-0.05, 0) is 19.1 Å². The molecule has 0 amide bonds. The van der Waals surface area contributed by atoms with Crippen LogP contribution < -0.4 is 9.47 Å². The molecule has 0 radical (unpaired) electrons. The van der Waals surface area contributed by atoms with Gasteiger partial charge < -0.3 is 9.47 Å². The third kappa shape index (κ3) is 3.05. The number of aromatic nitrogens is 2. The third-order valence-electron chi connectivity index (χ3n) is 2.74. The molecule has 2 aromatic rings. The van der Waals surface area contributed by atoms with Crippen molar-refractivity contribution in [1.82, 2.24) is 9.78 Å². The summed E-state index contributed by atoms with van der Waals surface area (Å²) in [6, 6.07) is 7.36. The maximum Gasteiger partial charge on any atom is 0.157 e. The van der Waals surface area contributed by atoms with E-state index < -0.39 is 0 Å². The molecule has 0 atom stereocenters. The van der Waals surface area contributed by atoms with Crippen molar-refractivity contribution in [2.45, 2.75) is 20.1 Å². The van der Waals surface area contributed by atoms with E-state index in [0.29, 0.717) is 23.7 Å². The van der Waals surface area contributed by atoms with Crippen molar-refractivity contribution in [1.29, 1.82) is 5.26 Å². The van der Waals surface area contributed by atoms with Crippen LogP contribution in [0.15, 0.2) is 30.6 Å². The Labute approximate surface area is 112 Å². The van der Waals surface area contributed by atoms with Gasteiger partial charge in [0.05, 0.1) is 31.1 Å². The number of hydrogen-bond donors (Lipinski definition) is 0. The van der Waals surface area contributed by atoms with Gasteiger partial charge in [-0.2, -0.15) is 10.4 Å². The summed E-state index contributed by atoms with van der Waals surface area (Å²) in [6.45, 7) is 3.20. The second-order valence-corrected chi connectivity index (χ2v) is 3.96. The van der Waals surface area contributed by atoms with Gasteiger partial charge >= 0.3 is 0 Å². The van der Waals surface area contributed by atoms with Crippen LogP contribution >= 0.6 is 0 Å². The molecule has 0 spiro atoms. The van der Waals surface area contributed by atoms with Gasteiger partial charge in [0.25, 0.3) is 0 Å². The van der Waals surface area contributed by atoms with E-state index in [0.717, 1.165) is 12.1 Å². The lowest BCUT2D eigenvalue weighted by Crippen LogP contribution is -1.99. The van der Waals surface area contributed by atoms with Gasteiger partial charge in [0.2, 0.25) is 0 Å². The topological polar surface area (TPSA) is 60.1 Å². The van der Waals surface area contributed by atoms with Crippen LogP contribution in [0.2, 0.25) is 0 Å². The Bertz CT molecular complexity index is 599. The standard InChI is InChI=1S/C14H15N3O2/c1-3-17-9-13(8-16-17)19-10-12-5-4-11(7-15)6-14(12)18-2/h4-6,8-9H,3,10H2,1-2H3. The van der Waals surface area contributed by atoms with E-state index in [-0.39, 0.29) is 0 Å². The number of rotatable bonds is 5. The monoisotopic (exact) mass is 257 g/mol. The van der Waals surface area contributed by atoms with Crippen LogP contribution in [-0.4, -0.2) is 16.9 Å². The molecule has 0 saturated heterocycles. The average Bonchev–Trinajstić information content (AvgIpc) is 2.92. The minimum atomic E-state index is 0.379. The number of nitrogens with zero attached hydrogens (tertiary/aromatic N) is 3. The molecule has 0 saturated carbocycles. The van der Waals surface area contributed by atoms with Crippen molar-refractivity contribution in [3.05, 3.63) is 41.7 Å². The molecule has 5 nitrogen and oxygen atoms in total. The first-order valence-corrected chi connectivity index (χ1v) is 5.99. The Morgan fingerprint density at radius 3 is 2.89 bits per heavy atom. The van der Waals surface area contributed by atoms with Crippen molar-refractivity contribution in [3.8, 4) is 17.6 Å². The smallest absolute Gasteiger partial charge is 0.157 e. The third-order valence-corrected chi connectivity index (χ3v) is 2.74. The molecule has 0 bridgehead atoms. The summed E-state index contributed by atoms with van der Waals surface area (Å²) in [5, 5.41) is 13.0. The van der Waals surface area contributed by atoms with Crippen LogP contribution in [-0.2, 0) is 13.2 Å². The number of methoxy groups -OCH3 is 1. The average molecular weight is 257 g/mol. The van der Waals surface area contributed by atoms with E-state index in [4.69, 9.17) is 14.7 Å². The first-order valence-electron chi connectivity index (χ1n) is 5.99. The summed E-state index contributed by atoms with van der Waals surface area (Å²) in [6.07, 6.45) is 3.52. The largest absolute Gasteiger partial charge is 0.496 e. The molecule has 5 heteroatoms. The molecule has 0 aliphatic heterocycles. The van der Waals surface area contributed by atoms with Gasteiger partial charge in [-0.1, -0.05) is 6.07 Å². The predicted octanol–water partition coefficient (Wildman–Crippen LogP) is 2.36. The van der Waals surface area contributed by atoms with Crippen molar-refractivity contribution >= 4 is 0 Å². The SMILES string of the molecule is CCn1cc(OCc2ccc(C#N)cc2OC)cn1. The van der Waals surface area contributed by atoms with Crippen LogP contribution in [0.5, 0.6) is 11.5 Å². The van der Waals surface area contributed by atoms with E-state index >= 15 is 0 Å². The summed E-state index contributed by atoms with van der Waals surface area (Å²) >= 11 is 0. The fourth-order valence-electron chi connectivity index (χ4n) is 1.69. The van der Waals surface area contributed by atoms with E-state index in [2.05, 4.69) is 11.2 Å². The van der Waals surface area contributed by atoms with Crippen molar-refractivity contribution in [3.63, 3.8) is 0 Å². The summed E-state index contributed by atoms with van der Waals surface area (Å²) in [5.74, 6) is 1.37. The van der Waals surface area contributed by atoms with Crippen molar-refractivity contribution in [2.24, 2.45) is 0 Å². The van der Waals surface area contributed by atoms with Gasteiger partial charge in [0, 0.05) is 12.1 Å². The summed E-state index contributed by atoms with van der Waals surface area (Å²) in [4.78, 5) is 0. The number of ether oxygens (including phenoxy) is 2. The van der Waals surface area contributed by atoms with E-state index in [1.807, 2.05) is 19.2 Å². The summed E-state index contributed by atoms with van der Waals surface area (Å²) in [5.41, 5.74) is 1.46. The highest BCUT2D eigenvalue weighted by molar-refractivity contribution is 5.42. The number of nitriles is 1. The maximum absolute atomic E-state index is 8.84. The molecular weight excluding hydrogens is 242 g/mol. The fourth-order valence-corrected chi connectivity index (χ4v) is 1.69. The zero-order valence-corrected chi connectivity index (χ0v) is 11.0. The molecule has 0 N–H and O–H groups in total. The predicted molar refractivity (Wildman–Crippen MR) is 69.9 cm³/mol. The second kappa shape index (κ2) is 5.91. The quantitative estimate of drug-likeness (QED) is 0.825. The molecule has 0 aliphatic rings. The number of aryl methyl sites for hydroxylation is 1. The lowest BCUT2D eigenvalue weighted by Gasteiger charge is -2.09. The minimum absolute atomic E-state index is 0.379. The number of hydrogen-bond acceptors (Lipinski definition) is 4. The Kier molecular flexibility index (Phi) is 4.04. The van der Waals surface area contributed by atoms with E-state index in [1.54, 1.807) is 30.1 Å². The summed E-state index contributed by atoms with van der Waals surface area (Å²) in [7, 11) is 1.58. The fraction of sp³-hybridized carbons (Fsp3) is 0.286. The normalized spacial score (nSPS) is 9.95. The Morgan fingerprint density at radius 2 is 2.26 bits per heavy atom. The van der Waals surface area contributed by atoms with Gasteiger partial charge in [-0.15, -0.1) is 0 Å². The molecule has 0 fully saturated rings. The molecule has 1 aromatic heterocycles. The van der Waals surface area contributed by atoms with Crippen LogP contribution in [0.4, 0.5) is 0 Å². The molecule has 98 valence electrons. The molecule has 19 heavy (non-hydrogen) atoms. The van der Waals surface area contributed by atoms with Gasteiger partial charge in [0.1, 0.15) is 12.4 Å². The first kappa shape index (κ1) is 13.0. The van der Waals surface area contributed by atoms with Crippen LogP contribution in [0.1, 0.15) is 18.1 Å². The molecule has 0 aliphatic carbocycles. The highest BCUT2D eigenvalue weighted by Crippen LogP contribution is 2.22. The number of benzene rings is 1. The molecule has 1 heterocycles. The molecule has 1 aromatic carbocycles. The first-order chi connectivity index (χ1) is 9.26. The lowest BCUT2D eigenvalue weighted by molar-refractivity contribution is 0.296. The van der Waals surface area contributed by atoms with Crippen molar-refractivity contribution in [2.75, 3.05) is 7.11 Å². The summed E-state index contributed by atoms with van der Waals surface area (Å²) < 4.78 is 12.7. The Balaban J connectivity index is 2.08. The van der Waals surface area contributed by atoms with E-state index in [1.165, 1.54) is 0 Å². The van der Waals surface area contributed by atoms with Crippen LogP contribution in [0.3, 0.4) is 0 Å². The van der Waals surface area contributed by atoms with Crippen LogP contribution in [0.25, 0.3) is 0 Å². The lowest BCUT2D eigenvalue weighted by atomic mass is 10.1. The van der Waals surface area contributed by atoms with Crippen LogP contribution in [0, 0.1) is 11.3 Å². The second-order valence-electron chi connectivity index (χ2n) is 3.96. The molecular formula is C14H15N3O2. The highest BCUT2D eigenvalue weighted by atomic mass is 16.5. The maximum atomic E-state index is 8.84. The van der Waals surface area contributed by atoms with E-state index in [9.17, 15) is 0 Å². The zero-order valence-electron chi connectivity index (χ0n) is 11.0. The van der Waals surface area contributed by atoms with Gasteiger partial charge in [-0.3, -0.25) is 4.68 Å². The highest BCUT2D eigenvalue weighted by Gasteiger charge is 2.06. The Morgan fingerprint density at radius 1 is 1.42 bits per heavy atom. The minimum Gasteiger partial charge on any atom is -0.496 e. The Hall–Kier alpha value is -2.48.